The Bertz CT molecular complexity index is 634. The van der Waals surface area contributed by atoms with Crippen LogP contribution in [-0.2, 0) is 12.0 Å². The van der Waals surface area contributed by atoms with E-state index in [1.165, 1.54) is 6.33 Å². The van der Waals surface area contributed by atoms with Crippen molar-refractivity contribution in [2.24, 2.45) is 0 Å². The molecule has 1 aromatic heterocycles. The van der Waals surface area contributed by atoms with E-state index in [0.717, 1.165) is 0 Å². The van der Waals surface area contributed by atoms with Crippen molar-refractivity contribution in [2.45, 2.75) is 25.9 Å². The summed E-state index contributed by atoms with van der Waals surface area (Å²) in [6.07, 6.45) is 1.78. The molecule has 0 aliphatic rings. The molecule has 0 saturated heterocycles. The van der Waals surface area contributed by atoms with Crippen molar-refractivity contribution in [2.75, 3.05) is 11.9 Å². The van der Waals surface area contributed by atoms with Crippen molar-refractivity contribution in [3.63, 3.8) is 0 Å². The van der Waals surface area contributed by atoms with E-state index in [4.69, 9.17) is 11.6 Å². The summed E-state index contributed by atoms with van der Waals surface area (Å²) in [6, 6.07) is 7.01. The molecule has 2 N–H and O–H groups in total. The molecule has 4 nitrogen and oxygen atoms in total. The van der Waals surface area contributed by atoms with Gasteiger partial charge in [0.05, 0.1) is 5.69 Å². The van der Waals surface area contributed by atoms with Crippen LogP contribution in [0.4, 0.5) is 10.2 Å². The first-order chi connectivity index (χ1) is 9.95. The van der Waals surface area contributed by atoms with Crippen LogP contribution >= 0.6 is 11.6 Å². The van der Waals surface area contributed by atoms with E-state index in [0.29, 0.717) is 22.7 Å². The van der Waals surface area contributed by atoms with Crippen LogP contribution in [0.3, 0.4) is 0 Å². The van der Waals surface area contributed by atoms with Gasteiger partial charge in [0.15, 0.2) is 11.6 Å². The largest absolute Gasteiger partial charge is 0.384 e. The lowest BCUT2D eigenvalue weighted by molar-refractivity contribution is 0.0715. The van der Waals surface area contributed by atoms with Crippen molar-refractivity contribution >= 4 is 17.4 Å². The van der Waals surface area contributed by atoms with E-state index >= 15 is 0 Å². The topological polar surface area (TPSA) is 58.0 Å². The van der Waals surface area contributed by atoms with Crippen LogP contribution in [0, 0.1) is 5.82 Å². The number of rotatable bonds is 5. The fourth-order valence-electron chi connectivity index (χ4n) is 2.03. The third kappa shape index (κ3) is 3.49. The maximum Gasteiger partial charge on any atom is 0.186 e. The Labute approximate surface area is 128 Å². The Morgan fingerprint density at radius 1 is 1.33 bits per heavy atom. The van der Waals surface area contributed by atoms with Crippen molar-refractivity contribution in [1.82, 2.24) is 9.97 Å². The second-order valence-corrected chi connectivity index (χ2v) is 5.35. The molecule has 2 rings (SSSR count). The summed E-state index contributed by atoms with van der Waals surface area (Å²) >= 11 is 6.08. The molecule has 0 aliphatic heterocycles. The molecule has 1 atom stereocenters. The first-order valence-corrected chi connectivity index (χ1v) is 7.04. The Morgan fingerprint density at radius 3 is 2.71 bits per heavy atom. The molecule has 21 heavy (non-hydrogen) atoms. The molecule has 0 amide bonds. The average molecular weight is 310 g/mol. The lowest BCUT2D eigenvalue weighted by Gasteiger charge is -2.25. The normalized spacial score (nSPS) is 13.8. The SMILES string of the molecule is CCc1ncnc(NCC(C)(O)c2ccccc2Cl)c1F. The second kappa shape index (κ2) is 6.37. The minimum atomic E-state index is -1.25. The van der Waals surface area contributed by atoms with Crippen molar-refractivity contribution in [3.05, 3.63) is 52.7 Å². The third-order valence-corrected chi connectivity index (χ3v) is 3.58. The van der Waals surface area contributed by atoms with Gasteiger partial charge in [0.25, 0.3) is 0 Å². The summed E-state index contributed by atoms with van der Waals surface area (Å²) in [4.78, 5) is 7.73. The quantitative estimate of drug-likeness (QED) is 0.891. The summed E-state index contributed by atoms with van der Waals surface area (Å²) in [5.74, 6) is -0.413. The predicted molar refractivity (Wildman–Crippen MR) is 80.9 cm³/mol. The van der Waals surface area contributed by atoms with Crippen molar-refractivity contribution in [1.29, 1.82) is 0 Å². The molecule has 112 valence electrons. The highest BCUT2D eigenvalue weighted by Gasteiger charge is 2.26. The minimum absolute atomic E-state index is 0.0772. The summed E-state index contributed by atoms with van der Waals surface area (Å²) in [5, 5.41) is 13.8. The van der Waals surface area contributed by atoms with E-state index in [-0.39, 0.29) is 12.4 Å². The molecule has 0 fully saturated rings. The molecular formula is C15H17ClFN3O. The van der Waals surface area contributed by atoms with Gasteiger partial charge in [-0.05, 0) is 19.4 Å². The van der Waals surface area contributed by atoms with E-state index in [1.807, 2.05) is 6.92 Å². The highest BCUT2D eigenvalue weighted by atomic mass is 35.5. The zero-order valence-corrected chi connectivity index (χ0v) is 12.7. The number of anilines is 1. The zero-order chi connectivity index (χ0) is 15.5. The van der Waals surface area contributed by atoms with Gasteiger partial charge in [-0.1, -0.05) is 36.7 Å². The standard InChI is InChI=1S/C15H17ClFN3O/c1-3-12-13(17)14(20-9-19-12)18-8-15(2,21)10-6-4-5-7-11(10)16/h4-7,9,21H,3,8H2,1-2H3,(H,18,19,20). The van der Waals surface area contributed by atoms with E-state index in [2.05, 4.69) is 15.3 Å². The Morgan fingerprint density at radius 2 is 2.05 bits per heavy atom. The minimum Gasteiger partial charge on any atom is -0.384 e. The third-order valence-electron chi connectivity index (χ3n) is 3.25. The van der Waals surface area contributed by atoms with Crippen LogP contribution in [0.2, 0.25) is 5.02 Å². The van der Waals surface area contributed by atoms with Gasteiger partial charge in [-0.25, -0.2) is 14.4 Å². The van der Waals surface area contributed by atoms with Crippen LogP contribution in [0.5, 0.6) is 0 Å². The number of aromatic nitrogens is 2. The lowest BCUT2D eigenvalue weighted by atomic mass is 9.96. The van der Waals surface area contributed by atoms with Gasteiger partial charge < -0.3 is 10.4 Å². The van der Waals surface area contributed by atoms with Gasteiger partial charge in [-0.2, -0.15) is 0 Å². The zero-order valence-electron chi connectivity index (χ0n) is 11.9. The van der Waals surface area contributed by atoms with Crippen LogP contribution in [0.25, 0.3) is 0 Å². The fourth-order valence-corrected chi connectivity index (χ4v) is 2.36. The number of aliphatic hydroxyl groups is 1. The molecule has 0 bridgehead atoms. The maximum atomic E-state index is 14.0. The predicted octanol–water partition coefficient (Wildman–Crippen LogP) is 3.15. The van der Waals surface area contributed by atoms with Crippen LogP contribution < -0.4 is 5.32 Å². The molecule has 1 unspecified atom stereocenters. The number of hydrogen-bond acceptors (Lipinski definition) is 4. The van der Waals surface area contributed by atoms with Crippen LogP contribution in [0.15, 0.2) is 30.6 Å². The molecular weight excluding hydrogens is 293 g/mol. The van der Waals surface area contributed by atoms with E-state index < -0.39 is 11.4 Å². The number of halogens is 2. The monoisotopic (exact) mass is 309 g/mol. The molecule has 6 heteroatoms. The first kappa shape index (κ1) is 15.7. The molecule has 0 spiro atoms. The Hall–Kier alpha value is -1.72. The van der Waals surface area contributed by atoms with Crippen LogP contribution in [0.1, 0.15) is 25.1 Å². The van der Waals surface area contributed by atoms with Crippen molar-refractivity contribution < 1.29 is 9.50 Å². The second-order valence-electron chi connectivity index (χ2n) is 4.94. The molecule has 0 saturated carbocycles. The molecule has 1 aromatic carbocycles. The molecule has 0 radical (unpaired) electrons. The number of hydrogen-bond donors (Lipinski definition) is 2. The highest BCUT2D eigenvalue weighted by molar-refractivity contribution is 6.31. The van der Waals surface area contributed by atoms with Crippen LogP contribution in [-0.4, -0.2) is 21.6 Å². The number of benzene rings is 1. The van der Waals surface area contributed by atoms with Gasteiger partial charge in [-0.15, -0.1) is 0 Å². The summed E-state index contributed by atoms with van der Waals surface area (Å²) in [6.45, 7) is 3.50. The van der Waals surface area contributed by atoms with Crippen molar-refractivity contribution in [3.8, 4) is 0 Å². The van der Waals surface area contributed by atoms with Gasteiger partial charge in [0, 0.05) is 17.1 Å². The molecule has 2 aromatic rings. The summed E-state index contributed by atoms with van der Waals surface area (Å²) in [5.41, 5.74) is -0.337. The first-order valence-electron chi connectivity index (χ1n) is 6.66. The Kier molecular flexibility index (Phi) is 4.75. The highest BCUT2D eigenvalue weighted by Crippen LogP contribution is 2.28. The van der Waals surface area contributed by atoms with E-state index in [9.17, 15) is 9.50 Å². The number of aryl methyl sites for hydroxylation is 1. The Balaban J connectivity index is 2.18. The summed E-state index contributed by atoms with van der Waals surface area (Å²) < 4.78 is 14.0. The smallest absolute Gasteiger partial charge is 0.186 e. The van der Waals surface area contributed by atoms with Gasteiger partial charge in [0.2, 0.25) is 0 Å². The van der Waals surface area contributed by atoms with Gasteiger partial charge in [-0.3, -0.25) is 0 Å². The fraction of sp³-hybridized carbons (Fsp3) is 0.333. The van der Waals surface area contributed by atoms with E-state index in [1.54, 1.807) is 31.2 Å². The lowest BCUT2D eigenvalue weighted by Crippen LogP contribution is -2.31. The number of nitrogens with one attached hydrogen (secondary N) is 1. The van der Waals surface area contributed by atoms with Gasteiger partial charge in [0.1, 0.15) is 11.9 Å². The molecule has 1 heterocycles. The maximum absolute atomic E-state index is 14.0. The number of nitrogens with zero attached hydrogens (tertiary/aromatic N) is 2. The summed E-state index contributed by atoms with van der Waals surface area (Å²) in [7, 11) is 0. The van der Waals surface area contributed by atoms with Gasteiger partial charge >= 0.3 is 0 Å². The molecule has 0 aliphatic carbocycles. The average Bonchev–Trinajstić information content (AvgIpc) is 2.46.